The Morgan fingerprint density at radius 3 is 1.79 bits per heavy atom. The first kappa shape index (κ1) is 20.1. The molecule has 0 heterocycles. The van der Waals surface area contributed by atoms with E-state index in [0.29, 0.717) is 0 Å². The third kappa shape index (κ3) is 5.95. The summed E-state index contributed by atoms with van der Waals surface area (Å²) in [6.07, 6.45) is 4.22. The highest BCUT2D eigenvalue weighted by molar-refractivity contribution is 6.85. The number of hydrogen-bond acceptors (Lipinski definition) is 2. The van der Waals surface area contributed by atoms with Crippen LogP contribution >= 0.6 is 0 Å². The Balaban J connectivity index is 3.27. The molecule has 0 saturated heterocycles. The van der Waals surface area contributed by atoms with Crippen LogP contribution in [0.15, 0.2) is 40.7 Å². The second kappa shape index (κ2) is 7.78. The number of allylic oxidation sites excluding steroid dienone is 3. The molecule has 0 fully saturated rings. The first-order chi connectivity index (χ1) is 10.9. The predicted molar refractivity (Wildman–Crippen MR) is 109 cm³/mol. The molecule has 1 aromatic carbocycles. The van der Waals surface area contributed by atoms with Crippen LogP contribution in [0, 0.1) is 22.0 Å². The molecule has 0 aliphatic carbocycles. The fourth-order valence-corrected chi connectivity index (χ4v) is 4.47. The van der Waals surface area contributed by atoms with Crippen LogP contribution < -0.4 is 0 Å². The molecular weight excluding hydrogens is 330 g/mol. The van der Waals surface area contributed by atoms with Gasteiger partial charge in [0.25, 0.3) is 5.69 Å². The van der Waals surface area contributed by atoms with Crippen molar-refractivity contribution in [2.75, 3.05) is 0 Å². The molecule has 128 valence electrons. The number of nitrogens with zero attached hydrogens (tertiary/aromatic N) is 1. The molecule has 0 N–H and O–H groups in total. The van der Waals surface area contributed by atoms with Crippen molar-refractivity contribution in [3.05, 3.63) is 56.4 Å². The normalized spacial score (nSPS) is 13.3. The highest BCUT2D eigenvalue weighted by Gasteiger charge is 2.20. The number of rotatable bonds is 4. The standard InChI is InChI=1S/C19H27NO2Si2/c1-8-18(23(2,3)4)13-14-19(24(5,6)7)15-16-9-11-17(12-10-16)20(21)22/h8-12,15H,1-7H3/b18-8+,19-15+. The van der Waals surface area contributed by atoms with Crippen molar-refractivity contribution in [2.24, 2.45) is 0 Å². The van der Waals surface area contributed by atoms with Gasteiger partial charge in [-0.3, -0.25) is 10.1 Å². The minimum absolute atomic E-state index is 0.114. The van der Waals surface area contributed by atoms with Crippen molar-refractivity contribution in [3.63, 3.8) is 0 Å². The number of non-ortho nitro benzene ring substituents is 1. The summed E-state index contributed by atoms with van der Waals surface area (Å²) in [7, 11) is -3.03. The van der Waals surface area contributed by atoms with E-state index in [1.807, 2.05) is 0 Å². The summed E-state index contributed by atoms with van der Waals surface area (Å²) in [6, 6.07) is 6.66. The van der Waals surface area contributed by atoms with Gasteiger partial charge in [0.2, 0.25) is 0 Å². The van der Waals surface area contributed by atoms with Gasteiger partial charge in [0, 0.05) is 12.1 Å². The minimum atomic E-state index is -1.60. The van der Waals surface area contributed by atoms with E-state index in [1.54, 1.807) is 24.3 Å². The van der Waals surface area contributed by atoms with E-state index in [0.717, 1.165) is 10.8 Å². The average molecular weight is 358 g/mol. The summed E-state index contributed by atoms with van der Waals surface area (Å²) >= 11 is 0. The van der Waals surface area contributed by atoms with Crippen molar-refractivity contribution in [1.29, 1.82) is 0 Å². The lowest BCUT2D eigenvalue weighted by molar-refractivity contribution is -0.384. The van der Waals surface area contributed by atoms with Gasteiger partial charge in [-0.1, -0.05) is 57.2 Å². The van der Waals surface area contributed by atoms with E-state index in [2.05, 4.69) is 70.2 Å². The van der Waals surface area contributed by atoms with Crippen molar-refractivity contribution < 1.29 is 4.92 Å². The lowest BCUT2D eigenvalue weighted by Crippen LogP contribution is -2.24. The van der Waals surface area contributed by atoms with Crippen LogP contribution in [-0.2, 0) is 0 Å². The molecule has 0 aliphatic rings. The van der Waals surface area contributed by atoms with E-state index >= 15 is 0 Å². The van der Waals surface area contributed by atoms with E-state index in [1.165, 1.54) is 5.20 Å². The van der Waals surface area contributed by atoms with E-state index < -0.39 is 16.1 Å². The number of nitro groups is 1. The molecule has 1 rings (SSSR count). The maximum atomic E-state index is 10.8. The Hall–Kier alpha value is -1.91. The zero-order chi connectivity index (χ0) is 18.5. The summed E-state index contributed by atoms with van der Waals surface area (Å²) in [6.45, 7) is 15.7. The average Bonchev–Trinajstić information content (AvgIpc) is 2.44. The molecule has 1 aromatic rings. The molecule has 0 bridgehead atoms. The van der Waals surface area contributed by atoms with Gasteiger partial charge in [0.1, 0.15) is 0 Å². The second-order valence-corrected chi connectivity index (χ2v) is 17.9. The van der Waals surface area contributed by atoms with Crippen molar-refractivity contribution in [1.82, 2.24) is 0 Å². The monoisotopic (exact) mass is 357 g/mol. The molecule has 5 heteroatoms. The molecule has 0 amide bonds. The third-order valence-corrected chi connectivity index (χ3v) is 7.57. The molecule has 0 saturated carbocycles. The number of benzene rings is 1. The van der Waals surface area contributed by atoms with Crippen LogP contribution in [-0.4, -0.2) is 21.1 Å². The zero-order valence-electron chi connectivity index (χ0n) is 15.7. The summed E-state index contributed by atoms with van der Waals surface area (Å²) in [4.78, 5) is 10.4. The van der Waals surface area contributed by atoms with Gasteiger partial charge in [-0.15, -0.1) is 0 Å². The van der Waals surface area contributed by atoms with Crippen LogP contribution in [0.3, 0.4) is 0 Å². The molecular formula is C19H27NO2Si2. The molecule has 0 aliphatic heterocycles. The molecule has 0 atom stereocenters. The first-order valence-corrected chi connectivity index (χ1v) is 15.1. The van der Waals surface area contributed by atoms with Gasteiger partial charge >= 0.3 is 0 Å². The minimum Gasteiger partial charge on any atom is -0.258 e. The Bertz CT molecular complexity index is 722. The van der Waals surface area contributed by atoms with E-state index in [4.69, 9.17) is 0 Å². The van der Waals surface area contributed by atoms with Crippen LogP contribution in [0.1, 0.15) is 12.5 Å². The summed E-state index contributed by atoms with van der Waals surface area (Å²) < 4.78 is 0. The van der Waals surface area contributed by atoms with Crippen molar-refractivity contribution in [3.8, 4) is 11.8 Å². The van der Waals surface area contributed by atoms with Crippen LogP contribution in [0.5, 0.6) is 0 Å². The van der Waals surface area contributed by atoms with Gasteiger partial charge < -0.3 is 0 Å². The summed E-state index contributed by atoms with van der Waals surface area (Å²) in [5, 5.41) is 13.2. The highest BCUT2D eigenvalue weighted by atomic mass is 28.3. The Kier molecular flexibility index (Phi) is 6.53. The molecule has 0 radical (unpaired) electrons. The van der Waals surface area contributed by atoms with Gasteiger partial charge in [0.15, 0.2) is 0 Å². The second-order valence-electron chi connectivity index (χ2n) is 7.86. The fourth-order valence-electron chi connectivity index (χ4n) is 2.13. The molecule has 3 nitrogen and oxygen atoms in total. The molecule has 0 spiro atoms. The molecule has 0 aromatic heterocycles. The Morgan fingerprint density at radius 1 is 0.958 bits per heavy atom. The SMILES string of the molecule is C/C=C(\C#C/C(=C\c1ccc([N+](=O)[O-])cc1)[Si](C)(C)C)[Si](C)(C)C. The Labute approximate surface area is 147 Å². The topological polar surface area (TPSA) is 43.1 Å². The van der Waals surface area contributed by atoms with E-state index in [-0.39, 0.29) is 10.6 Å². The largest absolute Gasteiger partial charge is 0.269 e. The summed E-state index contributed by atoms with van der Waals surface area (Å²) in [5.41, 5.74) is 1.07. The maximum Gasteiger partial charge on any atom is 0.269 e. The van der Waals surface area contributed by atoms with Gasteiger partial charge in [-0.25, -0.2) is 0 Å². The molecule has 0 unspecified atom stereocenters. The smallest absolute Gasteiger partial charge is 0.258 e. The fraction of sp³-hybridized carbons (Fsp3) is 0.368. The Morgan fingerprint density at radius 2 is 1.42 bits per heavy atom. The number of hydrogen-bond donors (Lipinski definition) is 0. The quantitative estimate of drug-likeness (QED) is 0.301. The van der Waals surface area contributed by atoms with Gasteiger partial charge in [-0.2, -0.15) is 0 Å². The predicted octanol–water partition coefficient (Wildman–Crippen LogP) is 5.68. The van der Waals surface area contributed by atoms with Crippen LogP contribution in [0.2, 0.25) is 39.3 Å². The lowest BCUT2D eigenvalue weighted by atomic mass is 10.2. The van der Waals surface area contributed by atoms with Crippen molar-refractivity contribution >= 4 is 27.9 Å². The first-order valence-electron chi connectivity index (χ1n) is 8.10. The number of nitro benzene ring substituents is 1. The van der Waals surface area contributed by atoms with Crippen LogP contribution in [0.4, 0.5) is 5.69 Å². The van der Waals surface area contributed by atoms with Crippen LogP contribution in [0.25, 0.3) is 6.08 Å². The highest BCUT2D eigenvalue weighted by Crippen LogP contribution is 2.21. The van der Waals surface area contributed by atoms with Crippen molar-refractivity contribution in [2.45, 2.75) is 46.2 Å². The maximum absolute atomic E-state index is 10.8. The lowest BCUT2D eigenvalue weighted by Gasteiger charge is -2.18. The zero-order valence-corrected chi connectivity index (χ0v) is 17.7. The summed E-state index contributed by atoms with van der Waals surface area (Å²) in [5.74, 6) is 6.81. The van der Waals surface area contributed by atoms with Gasteiger partial charge in [0.05, 0.1) is 21.1 Å². The van der Waals surface area contributed by atoms with E-state index in [9.17, 15) is 10.1 Å². The molecule has 24 heavy (non-hydrogen) atoms. The van der Waals surface area contributed by atoms with Gasteiger partial charge in [-0.05, 0) is 41.1 Å². The third-order valence-electron chi connectivity index (χ3n) is 3.65.